The van der Waals surface area contributed by atoms with Crippen LogP contribution in [0.5, 0.6) is 0 Å². The Labute approximate surface area is 213 Å². The molecule has 0 aliphatic rings. The first kappa shape index (κ1) is 24.2. The average molecular weight is 523 g/mol. The first-order valence-electron chi connectivity index (χ1n) is 11.2. The number of amides is 2. The molecular formula is C25H20ClFN6O4. The Morgan fingerprint density at radius 3 is 2.51 bits per heavy atom. The molecule has 0 saturated heterocycles. The van der Waals surface area contributed by atoms with E-state index in [0.717, 1.165) is 21.8 Å². The van der Waals surface area contributed by atoms with Gasteiger partial charge >= 0.3 is 5.76 Å². The maximum absolute atomic E-state index is 14.3. The Bertz CT molecular complexity index is 1760. The summed E-state index contributed by atoms with van der Waals surface area (Å²) < 4.78 is 21.8. The van der Waals surface area contributed by atoms with Crippen LogP contribution in [-0.2, 0) is 20.1 Å². The molecule has 0 unspecified atom stereocenters. The van der Waals surface area contributed by atoms with Crippen LogP contribution in [0, 0.1) is 12.7 Å². The van der Waals surface area contributed by atoms with E-state index in [9.17, 15) is 18.8 Å². The fourth-order valence-electron chi connectivity index (χ4n) is 3.79. The molecule has 2 aromatic carbocycles. The highest BCUT2D eigenvalue weighted by molar-refractivity contribution is 6.31. The van der Waals surface area contributed by atoms with E-state index in [4.69, 9.17) is 16.0 Å². The van der Waals surface area contributed by atoms with E-state index >= 15 is 0 Å². The Morgan fingerprint density at radius 1 is 1.05 bits per heavy atom. The van der Waals surface area contributed by atoms with Crippen molar-refractivity contribution in [3.05, 3.63) is 98.1 Å². The number of carbonyl (C=O) groups is 2. The normalized spacial score (nSPS) is 11.2. The van der Waals surface area contributed by atoms with Crippen LogP contribution in [0.2, 0.25) is 5.02 Å². The lowest BCUT2D eigenvalue weighted by molar-refractivity contribution is 0.0942. The Balaban J connectivity index is 1.37. The lowest BCUT2D eigenvalue weighted by Gasteiger charge is -2.10. The predicted molar refractivity (Wildman–Crippen MR) is 133 cm³/mol. The molecule has 10 nitrogen and oxygen atoms in total. The van der Waals surface area contributed by atoms with Crippen LogP contribution in [0.3, 0.4) is 0 Å². The summed E-state index contributed by atoms with van der Waals surface area (Å²) in [4.78, 5) is 41.6. The number of halogens is 2. The number of hydrogen-bond donors (Lipinski definition) is 2. The van der Waals surface area contributed by atoms with Crippen molar-refractivity contribution in [3.63, 3.8) is 0 Å². The molecule has 0 atom stereocenters. The number of rotatable bonds is 6. The zero-order valence-electron chi connectivity index (χ0n) is 19.7. The van der Waals surface area contributed by atoms with Crippen LogP contribution >= 0.6 is 11.6 Å². The number of fused-ring (bicyclic) bond motifs is 2. The molecule has 3 aromatic heterocycles. The van der Waals surface area contributed by atoms with Gasteiger partial charge in [-0.2, -0.15) is 5.10 Å². The van der Waals surface area contributed by atoms with Gasteiger partial charge < -0.3 is 15.1 Å². The molecule has 2 amide bonds. The molecule has 0 radical (unpaired) electrons. The van der Waals surface area contributed by atoms with E-state index in [1.54, 1.807) is 31.3 Å². The predicted octanol–water partition coefficient (Wildman–Crippen LogP) is 3.14. The fourth-order valence-corrected chi connectivity index (χ4v) is 3.99. The van der Waals surface area contributed by atoms with Gasteiger partial charge in [0, 0.05) is 31.2 Å². The molecule has 0 bridgehead atoms. The first-order valence-corrected chi connectivity index (χ1v) is 11.5. The minimum Gasteiger partial charge on any atom is -0.408 e. The molecule has 5 rings (SSSR count). The molecule has 2 N–H and O–H groups in total. The molecule has 0 fully saturated rings. The third kappa shape index (κ3) is 4.68. The lowest BCUT2D eigenvalue weighted by atomic mass is 10.1. The van der Waals surface area contributed by atoms with Crippen molar-refractivity contribution in [1.29, 1.82) is 0 Å². The number of hydrogen-bond acceptors (Lipinski definition) is 6. The molecule has 0 saturated carbocycles. The summed E-state index contributed by atoms with van der Waals surface area (Å²) in [6, 6.07) is 11.7. The van der Waals surface area contributed by atoms with Gasteiger partial charge in [0.15, 0.2) is 17.0 Å². The largest absolute Gasteiger partial charge is 0.419 e. The van der Waals surface area contributed by atoms with Crippen molar-refractivity contribution in [3.8, 4) is 0 Å². The summed E-state index contributed by atoms with van der Waals surface area (Å²) >= 11 is 6.15. The Kier molecular flexibility index (Phi) is 6.22. The summed E-state index contributed by atoms with van der Waals surface area (Å²) in [5, 5.41) is 9.89. The molecule has 37 heavy (non-hydrogen) atoms. The SMILES string of the molecule is Cc1ccc(CNC(=O)c2cc(C(=O)NCc3ccc4oc(=O)n(C)c4c3)nc3c(F)cnn23)cc1Cl. The molecule has 12 heteroatoms. The molecule has 0 spiro atoms. The minimum absolute atomic E-state index is 0.0629. The van der Waals surface area contributed by atoms with Crippen molar-refractivity contribution in [2.45, 2.75) is 20.0 Å². The topological polar surface area (TPSA) is 124 Å². The summed E-state index contributed by atoms with van der Waals surface area (Å²) in [6.07, 6.45) is 0.922. The quantitative estimate of drug-likeness (QED) is 0.353. The van der Waals surface area contributed by atoms with Crippen LogP contribution in [-0.4, -0.2) is 31.0 Å². The van der Waals surface area contributed by atoms with E-state index in [1.807, 2.05) is 19.1 Å². The van der Waals surface area contributed by atoms with Gasteiger partial charge in [-0.25, -0.2) is 18.7 Å². The van der Waals surface area contributed by atoms with Gasteiger partial charge in [0.05, 0.1) is 11.7 Å². The second kappa shape index (κ2) is 9.51. The minimum atomic E-state index is -0.777. The van der Waals surface area contributed by atoms with Gasteiger partial charge in [-0.3, -0.25) is 14.2 Å². The van der Waals surface area contributed by atoms with Crippen molar-refractivity contribution in [2.75, 3.05) is 0 Å². The molecule has 0 aliphatic carbocycles. The van der Waals surface area contributed by atoms with Crippen LogP contribution in [0.4, 0.5) is 4.39 Å². The number of nitrogens with zero attached hydrogens (tertiary/aromatic N) is 4. The van der Waals surface area contributed by atoms with Crippen molar-refractivity contribution in [1.82, 2.24) is 29.8 Å². The molecular weight excluding hydrogens is 503 g/mol. The highest BCUT2D eigenvalue weighted by Crippen LogP contribution is 2.18. The molecule has 188 valence electrons. The second-order valence-corrected chi connectivity index (χ2v) is 8.84. The molecule has 5 aromatic rings. The third-order valence-electron chi connectivity index (χ3n) is 5.89. The summed E-state index contributed by atoms with van der Waals surface area (Å²) in [5.41, 5.74) is 2.89. The van der Waals surface area contributed by atoms with Crippen molar-refractivity contribution in [2.24, 2.45) is 7.05 Å². The monoisotopic (exact) mass is 522 g/mol. The van der Waals surface area contributed by atoms with Crippen molar-refractivity contribution < 1.29 is 18.4 Å². The van der Waals surface area contributed by atoms with Gasteiger partial charge in [-0.15, -0.1) is 0 Å². The zero-order chi connectivity index (χ0) is 26.3. The molecule has 0 aliphatic heterocycles. The highest BCUT2D eigenvalue weighted by atomic mass is 35.5. The molecule has 3 heterocycles. The van der Waals surface area contributed by atoms with Gasteiger partial charge in [0.25, 0.3) is 11.8 Å². The smallest absolute Gasteiger partial charge is 0.408 e. The maximum Gasteiger partial charge on any atom is 0.419 e. The maximum atomic E-state index is 14.3. The van der Waals surface area contributed by atoms with Crippen LogP contribution in [0.1, 0.15) is 37.7 Å². The number of oxazole rings is 1. The summed E-state index contributed by atoms with van der Waals surface area (Å²) in [6.45, 7) is 2.13. The van der Waals surface area contributed by atoms with Crippen LogP contribution < -0.4 is 16.4 Å². The number of carbonyl (C=O) groups excluding carboxylic acids is 2. The van der Waals surface area contributed by atoms with E-state index in [0.29, 0.717) is 21.7 Å². The first-order chi connectivity index (χ1) is 17.7. The average Bonchev–Trinajstić information content (AvgIpc) is 3.40. The van der Waals surface area contributed by atoms with Crippen LogP contribution in [0.25, 0.3) is 16.7 Å². The summed E-state index contributed by atoms with van der Waals surface area (Å²) in [5.74, 6) is -2.47. The Hall–Kier alpha value is -4.51. The second-order valence-electron chi connectivity index (χ2n) is 8.43. The number of aryl methyl sites for hydroxylation is 2. The number of aromatic nitrogens is 4. The summed E-state index contributed by atoms with van der Waals surface area (Å²) in [7, 11) is 1.58. The fraction of sp³-hybridized carbons (Fsp3) is 0.160. The third-order valence-corrected chi connectivity index (χ3v) is 6.30. The number of benzene rings is 2. The lowest BCUT2D eigenvalue weighted by Crippen LogP contribution is -2.28. The van der Waals surface area contributed by atoms with E-state index in [1.165, 1.54) is 10.6 Å². The zero-order valence-corrected chi connectivity index (χ0v) is 20.5. The van der Waals surface area contributed by atoms with E-state index in [-0.39, 0.29) is 30.1 Å². The van der Waals surface area contributed by atoms with Gasteiger partial charge in [-0.05, 0) is 41.8 Å². The van der Waals surface area contributed by atoms with Crippen LogP contribution in [0.15, 0.2) is 57.9 Å². The van der Waals surface area contributed by atoms with E-state index < -0.39 is 23.4 Å². The van der Waals surface area contributed by atoms with E-state index in [2.05, 4.69) is 20.7 Å². The Morgan fingerprint density at radius 2 is 1.76 bits per heavy atom. The van der Waals surface area contributed by atoms with Gasteiger partial charge in [-0.1, -0.05) is 29.8 Å². The van der Waals surface area contributed by atoms with Crippen molar-refractivity contribution >= 4 is 40.2 Å². The highest BCUT2D eigenvalue weighted by Gasteiger charge is 2.20. The van der Waals surface area contributed by atoms with Gasteiger partial charge in [0.1, 0.15) is 11.4 Å². The van der Waals surface area contributed by atoms with Gasteiger partial charge in [0.2, 0.25) is 0 Å². The standard InChI is InChI=1S/C25H20ClFN6O4/c1-13-3-4-14(7-16(13)26)10-29-24(35)20-9-18(31-22-17(27)12-30-33(20)22)23(34)28-11-15-5-6-21-19(8-15)32(2)25(36)37-21/h3-9,12H,10-11H2,1-2H3,(H,28,34)(H,29,35). The number of nitrogens with one attached hydrogen (secondary N) is 2.